The van der Waals surface area contributed by atoms with Crippen molar-refractivity contribution >= 4 is 62.1 Å². The number of carbonyl (C=O) groups excluding carboxylic acids is 2. The fraction of sp³-hybridized carbons (Fsp3) is 0.192. The summed E-state index contributed by atoms with van der Waals surface area (Å²) in [5.74, 6) is -2.23. The maximum Gasteiger partial charge on any atom is 0.357 e. The van der Waals surface area contributed by atoms with Crippen LogP contribution >= 0.6 is 34.3 Å². The van der Waals surface area contributed by atoms with Crippen molar-refractivity contribution in [2.24, 2.45) is 5.92 Å². The maximum absolute atomic E-state index is 13.5. The first-order chi connectivity index (χ1) is 18.6. The Morgan fingerprint density at radius 3 is 2.33 bits per heavy atom. The van der Waals surface area contributed by atoms with E-state index >= 15 is 0 Å². The zero-order valence-electron chi connectivity index (χ0n) is 20.5. The summed E-state index contributed by atoms with van der Waals surface area (Å²) in [4.78, 5) is 31.7. The maximum atomic E-state index is 13.5. The molecule has 4 rings (SSSR count). The molecule has 39 heavy (non-hydrogen) atoms. The van der Waals surface area contributed by atoms with Crippen molar-refractivity contribution in [3.8, 4) is 10.6 Å². The van der Waals surface area contributed by atoms with E-state index in [1.165, 1.54) is 41.9 Å². The van der Waals surface area contributed by atoms with Crippen molar-refractivity contribution in [3.63, 3.8) is 0 Å². The highest BCUT2D eigenvalue weighted by Crippen LogP contribution is 2.34. The molecule has 0 radical (unpaired) electrons. The van der Waals surface area contributed by atoms with E-state index in [9.17, 15) is 18.0 Å². The van der Waals surface area contributed by atoms with Crippen LogP contribution in [0.2, 0.25) is 4.34 Å². The average molecular weight is 606 g/mol. The molecular formula is C26H24ClN3O6S3. The average Bonchev–Trinajstić information content (AvgIpc) is 3.56. The Labute approximate surface area is 238 Å². The van der Waals surface area contributed by atoms with Crippen molar-refractivity contribution in [1.82, 2.24) is 10.3 Å². The summed E-state index contributed by atoms with van der Waals surface area (Å²) in [6, 6.07) is 18.6. The number of halogens is 1. The zero-order valence-corrected chi connectivity index (χ0v) is 23.7. The van der Waals surface area contributed by atoms with Crippen LogP contribution in [-0.4, -0.2) is 36.9 Å². The van der Waals surface area contributed by atoms with Crippen LogP contribution in [0.1, 0.15) is 22.2 Å². The van der Waals surface area contributed by atoms with E-state index < -0.39 is 34.1 Å². The monoisotopic (exact) mass is 605 g/mol. The Bertz CT molecular complexity index is 1540. The first-order valence-corrected chi connectivity index (χ1v) is 15.1. The number of hydrogen-bond acceptors (Lipinski definition) is 8. The number of rotatable bonds is 11. The highest BCUT2D eigenvalue weighted by Gasteiger charge is 2.31. The molecule has 0 aliphatic carbocycles. The van der Waals surface area contributed by atoms with E-state index in [1.807, 2.05) is 46.5 Å². The summed E-state index contributed by atoms with van der Waals surface area (Å²) in [5.41, 5.74) is 2.47. The number of esters is 1. The molecule has 0 bridgehead atoms. The molecule has 204 valence electrons. The molecule has 2 heterocycles. The first-order valence-electron chi connectivity index (χ1n) is 11.6. The molecule has 0 aliphatic heterocycles. The predicted molar refractivity (Wildman–Crippen MR) is 152 cm³/mol. The number of thiazole rings is 1. The number of thiophene rings is 1. The van der Waals surface area contributed by atoms with E-state index in [-0.39, 0.29) is 12.1 Å². The van der Waals surface area contributed by atoms with Gasteiger partial charge >= 0.3 is 16.3 Å². The van der Waals surface area contributed by atoms with Crippen LogP contribution in [0.3, 0.4) is 0 Å². The van der Waals surface area contributed by atoms with E-state index in [2.05, 4.69) is 5.32 Å². The van der Waals surface area contributed by atoms with Gasteiger partial charge in [0.25, 0.3) is 0 Å². The highest BCUT2D eigenvalue weighted by atomic mass is 35.5. The number of carbonyl (C=O) groups is 2. The number of ether oxygens (including phenoxy) is 1. The second kappa shape index (κ2) is 12.7. The minimum atomic E-state index is -4.41. The summed E-state index contributed by atoms with van der Waals surface area (Å²) in [6.45, 7) is 0. The topological polar surface area (TPSA) is 135 Å². The van der Waals surface area contributed by atoms with Gasteiger partial charge in [-0.15, -0.1) is 22.7 Å². The molecular weight excluding hydrogens is 582 g/mol. The fourth-order valence-electron chi connectivity index (χ4n) is 3.85. The van der Waals surface area contributed by atoms with Crippen LogP contribution in [-0.2, 0) is 37.5 Å². The number of benzene rings is 2. The number of hydrogen-bond donors (Lipinski definition) is 3. The van der Waals surface area contributed by atoms with Crippen LogP contribution < -0.4 is 10.0 Å². The Balaban J connectivity index is 1.61. The lowest BCUT2D eigenvalue weighted by molar-refractivity contribution is -0.150. The molecule has 2 aromatic heterocycles. The third-order valence-corrected chi connectivity index (χ3v) is 8.39. The third kappa shape index (κ3) is 8.10. The molecule has 0 saturated heterocycles. The molecule has 9 nitrogen and oxygen atoms in total. The molecule has 0 spiro atoms. The summed E-state index contributed by atoms with van der Waals surface area (Å²) >= 11 is 8.84. The van der Waals surface area contributed by atoms with Gasteiger partial charge < -0.3 is 10.1 Å². The summed E-state index contributed by atoms with van der Waals surface area (Å²) in [7, 11) is -3.16. The fourth-order valence-corrected chi connectivity index (χ4v) is 6.24. The minimum absolute atomic E-state index is 0.166. The van der Waals surface area contributed by atoms with Crippen molar-refractivity contribution in [2.45, 2.75) is 18.9 Å². The number of amides is 1. The van der Waals surface area contributed by atoms with Gasteiger partial charge in [0.05, 0.1) is 33.7 Å². The lowest BCUT2D eigenvalue weighted by atomic mass is 9.97. The minimum Gasteiger partial charge on any atom is -0.468 e. The molecule has 1 unspecified atom stereocenters. The van der Waals surface area contributed by atoms with E-state index in [1.54, 1.807) is 18.2 Å². The lowest BCUT2D eigenvalue weighted by Gasteiger charge is -2.21. The number of anilines is 1. The number of aromatic nitrogens is 1. The van der Waals surface area contributed by atoms with Crippen LogP contribution in [0.5, 0.6) is 0 Å². The van der Waals surface area contributed by atoms with Gasteiger partial charge in [-0.05, 0) is 48.2 Å². The molecule has 2 atom stereocenters. The third-order valence-electron chi connectivity index (χ3n) is 5.69. The Hall–Kier alpha value is -3.29. The van der Waals surface area contributed by atoms with Gasteiger partial charge in [0.15, 0.2) is 0 Å². The second-order valence-electron chi connectivity index (χ2n) is 8.48. The van der Waals surface area contributed by atoms with Crippen molar-refractivity contribution in [3.05, 3.63) is 92.6 Å². The molecule has 0 saturated carbocycles. The van der Waals surface area contributed by atoms with Gasteiger partial charge in [-0.3, -0.25) is 18.9 Å². The second-order valence-corrected chi connectivity index (χ2v) is 12.2. The van der Waals surface area contributed by atoms with Crippen LogP contribution in [0, 0.1) is 5.92 Å². The molecule has 2 aromatic carbocycles. The van der Waals surface area contributed by atoms with Crippen molar-refractivity contribution < 1.29 is 27.3 Å². The standard InChI is InChI=1S/C26H24ClN3O6S3/c1-36-26(32)19(13-16-5-3-2-4-6-16)24(31)28-20(14-17-7-9-18(10-8-17)30-39(33,34)35)25-29-21(15-37-25)22-11-12-23(27)38-22/h2-12,15,19-20,30H,13-14H2,1H3,(H,28,31)(H,33,34,35)/t19?,20-/m0/s1. The SMILES string of the molecule is COC(=O)C(Cc1ccccc1)C(=O)N[C@@H](Cc1ccc(NS(=O)(=O)O)cc1)c1nc(-c2ccc(Cl)s2)cs1. The number of nitrogens with one attached hydrogen (secondary N) is 2. The zero-order chi connectivity index (χ0) is 28.0. The summed E-state index contributed by atoms with van der Waals surface area (Å²) < 4.78 is 38.8. The van der Waals surface area contributed by atoms with E-state index in [0.29, 0.717) is 21.5 Å². The molecule has 1 amide bonds. The first kappa shape index (κ1) is 28.7. The predicted octanol–water partition coefficient (Wildman–Crippen LogP) is 5.17. The Morgan fingerprint density at radius 2 is 1.72 bits per heavy atom. The number of nitrogens with zero attached hydrogens (tertiary/aromatic N) is 1. The van der Waals surface area contributed by atoms with Crippen LogP contribution in [0.15, 0.2) is 72.1 Å². The van der Waals surface area contributed by atoms with Gasteiger partial charge in [0.2, 0.25) is 5.91 Å². The van der Waals surface area contributed by atoms with Crippen LogP contribution in [0.4, 0.5) is 5.69 Å². The molecule has 13 heteroatoms. The quantitative estimate of drug-likeness (QED) is 0.122. The Kier molecular flexibility index (Phi) is 9.36. The summed E-state index contributed by atoms with van der Waals surface area (Å²) in [5, 5.41) is 5.46. The molecule has 3 N–H and O–H groups in total. The lowest BCUT2D eigenvalue weighted by Crippen LogP contribution is -2.40. The van der Waals surface area contributed by atoms with Crippen LogP contribution in [0.25, 0.3) is 10.6 Å². The Morgan fingerprint density at radius 1 is 1.03 bits per heavy atom. The molecule has 0 fully saturated rings. The smallest absolute Gasteiger partial charge is 0.357 e. The van der Waals surface area contributed by atoms with Crippen molar-refractivity contribution in [2.75, 3.05) is 11.8 Å². The van der Waals surface area contributed by atoms with Gasteiger partial charge in [-0.1, -0.05) is 54.1 Å². The summed E-state index contributed by atoms with van der Waals surface area (Å²) in [6.07, 6.45) is 0.466. The van der Waals surface area contributed by atoms with E-state index in [4.69, 9.17) is 25.9 Å². The van der Waals surface area contributed by atoms with Crippen molar-refractivity contribution in [1.29, 1.82) is 0 Å². The largest absolute Gasteiger partial charge is 0.468 e. The van der Waals surface area contributed by atoms with Gasteiger partial charge in [-0.25, -0.2) is 4.98 Å². The molecule has 0 aliphatic rings. The van der Waals surface area contributed by atoms with E-state index in [0.717, 1.165) is 16.0 Å². The van der Waals surface area contributed by atoms with Gasteiger partial charge in [-0.2, -0.15) is 8.42 Å². The highest BCUT2D eigenvalue weighted by molar-refractivity contribution is 7.87. The number of methoxy groups -OCH3 is 1. The molecule has 4 aromatic rings. The van der Waals surface area contributed by atoms with Gasteiger partial charge in [0, 0.05) is 5.38 Å². The normalized spacial score (nSPS) is 12.9. The van der Waals surface area contributed by atoms with Gasteiger partial charge in [0.1, 0.15) is 10.9 Å².